The van der Waals surface area contributed by atoms with E-state index in [0.29, 0.717) is 17.3 Å². The largest absolute Gasteiger partial charge is 0.449 e. The van der Waals surface area contributed by atoms with Gasteiger partial charge in [-0.25, -0.2) is 9.97 Å². The molecule has 122 valence electrons. The number of amides is 1. The fourth-order valence-corrected chi connectivity index (χ4v) is 2.61. The minimum absolute atomic E-state index is 0.240. The summed E-state index contributed by atoms with van der Waals surface area (Å²) in [5.74, 6) is 0.380. The molecule has 1 amide bonds. The zero-order chi connectivity index (χ0) is 17.2. The summed E-state index contributed by atoms with van der Waals surface area (Å²) >= 11 is 0. The van der Waals surface area contributed by atoms with Gasteiger partial charge in [-0.2, -0.15) is 0 Å². The molecule has 0 spiro atoms. The van der Waals surface area contributed by atoms with E-state index in [0.717, 1.165) is 22.2 Å². The highest BCUT2D eigenvalue weighted by Gasteiger charge is 2.09. The zero-order valence-corrected chi connectivity index (χ0v) is 13.6. The number of carbonyl (C=O) groups is 1. The molecular formula is C20H15N3O2. The van der Waals surface area contributed by atoms with Crippen LogP contribution in [0.3, 0.4) is 0 Å². The van der Waals surface area contributed by atoms with Crippen molar-refractivity contribution in [2.24, 2.45) is 0 Å². The van der Waals surface area contributed by atoms with Crippen LogP contribution in [0.25, 0.3) is 22.2 Å². The summed E-state index contributed by atoms with van der Waals surface area (Å²) in [4.78, 5) is 21.1. The Morgan fingerprint density at radius 2 is 1.76 bits per heavy atom. The maximum atomic E-state index is 12.4. The lowest BCUT2D eigenvalue weighted by atomic mass is 10.1. The van der Waals surface area contributed by atoms with Crippen LogP contribution in [0.4, 0.5) is 5.69 Å². The second kappa shape index (κ2) is 6.20. The molecule has 0 radical (unpaired) electrons. The number of aryl methyl sites for hydroxylation is 1. The normalized spacial score (nSPS) is 10.8. The lowest BCUT2D eigenvalue weighted by Gasteiger charge is -2.06. The first-order valence-electron chi connectivity index (χ1n) is 7.89. The summed E-state index contributed by atoms with van der Waals surface area (Å²) in [6, 6.07) is 18.8. The average Bonchev–Trinajstić information content (AvgIpc) is 3.08. The Labute approximate surface area is 144 Å². The number of oxazole rings is 1. The van der Waals surface area contributed by atoms with Crippen LogP contribution >= 0.6 is 0 Å². The van der Waals surface area contributed by atoms with E-state index in [4.69, 9.17) is 4.42 Å². The van der Waals surface area contributed by atoms with Gasteiger partial charge in [-0.15, -0.1) is 0 Å². The topological polar surface area (TPSA) is 68.0 Å². The van der Waals surface area contributed by atoms with Crippen molar-refractivity contribution in [3.8, 4) is 11.3 Å². The molecule has 4 aromatic rings. The molecule has 25 heavy (non-hydrogen) atoms. The van der Waals surface area contributed by atoms with Crippen LogP contribution < -0.4 is 5.32 Å². The number of para-hydroxylation sites is 1. The van der Waals surface area contributed by atoms with E-state index in [1.165, 1.54) is 0 Å². The van der Waals surface area contributed by atoms with E-state index in [1.54, 1.807) is 19.3 Å². The zero-order valence-electron chi connectivity index (χ0n) is 13.6. The van der Waals surface area contributed by atoms with Gasteiger partial charge in [0.05, 0.1) is 5.52 Å². The van der Waals surface area contributed by atoms with Crippen molar-refractivity contribution in [3.63, 3.8) is 0 Å². The van der Waals surface area contributed by atoms with Crippen LogP contribution in [0, 0.1) is 6.92 Å². The summed E-state index contributed by atoms with van der Waals surface area (Å²) in [5, 5.41) is 3.87. The second-order valence-electron chi connectivity index (χ2n) is 5.67. The molecule has 0 saturated heterocycles. The fourth-order valence-electron chi connectivity index (χ4n) is 2.61. The van der Waals surface area contributed by atoms with Gasteiger partial charge >= 0.3 is 0 Å². The van der Waals surface area contributed by atoms with E-state index in [1.807, 2.05) is 54.6 Å². The van der Waals surface area contributed by atoms with Crippen molar-refractivity contribution in [2.45, 2.75) is 6.92 Å². The monoisotopic (exact) mass is 329 g/mol. The van der Waals surface area contributed by atoms with E-state index in [9.17, 15) is 4.79 Å². The first kappa shape index (κ1) is 15.1. The Bertz CT molecular complexity index is 1050. The molecule has 2 aromatic heterocycles. The van der Waals surface area contributed by atoms with Crippen molar-refractivity contribution < 1.29 is 9.21 Å². The molecule has 2 aromatic carbocycles. The number of aromatic nitrogens is 2. The smallest absolute Gasteiger partial charge is 0.274 e. The Kier molecular flexibility index (Phi) is 3.74. The number of rotatable bonds is 3. The highest BCUT2D eigenvalue weighted by Crippen LogP contribution is 2.21. The van der Waals surface area contributed by atoms with Gasteiger partial charge in [0, 0.05) is 23.6 Å². The minimum Gasteiger partial charge on any atom is -0.449 e. The molecule has 1 N–H and O–H groups in total. The maximum Gasteiger partial charge on any atom is 0.274 e. The standard InChI is InChI=1S/C20H15N3O2/c1-13-21-19(12-25-13)15-6-9-16(10-7-15)22-20(24)18-11-8-14-4-2-3-5-17(14)23-18/h2-12H,1H3,(H,22,24). The van der Waals surface area contributed by atoms with E-state index in [-0.39, 0.29) is 5.91 Å². The van der Waals surface area contributed by atoms with Crippen molar-refractivity contribution in [1.82, 2.24) is 9.97 Å². The van der Waals surface area contributed by atoms with E-state index in [2.05, 4.69) is 15.3 Å². The fraction of sp³-hybridized carbons (Fsp3) is 0.0500. The predicted octanol–water partition coefficient (Wildman–Crippen LogP) is 4.45. The molecule has 4 rings (SSSR count). The van der Waals surface area contributed by atoms with Crippen LogP contribution in [0.15, 0.2) is 71.3 Å². The van der Waals surface area contributed by atoms with Gasteiger partial charge in [0.2, 0.25) is 0 Å². The van der Waals surface area contributed by atoms with Crippen molar-refractivity contribution in [2.75, 3.05) is 5.32 Å². The summed E-state index contributed by atoms with van der Waals surface area (Å²) in [6.07, 6.45) is 1.61. The number of carbonyl (C=O) groups excluding carboxylic acids is 1. The third-order valence-corrected chi connectivity index (χ3v) is 3.89. The lowest BCUT2D eigenvalue weighted by molar-refractivity contribution is 0.102. The molecule has 0 unspecified atom stereocenters. The lowest BCUT2D eigenvalue weighted by Crippen LogP contribution is -2.13. The molecule has 0 atom stereocenters. The first-order valence-corrected chi connectivity index (χ1v) is 7.89. The molecule has 0 fully saturated rings. The summed E-state index contributed by atoms with van der Waals surface area (Å²) in [5.41, 5.74) is 3.58. The number of nitrogens with one attached hydrogen (secondary N) is 1. The Hall–Kier alpha value is -3.47. The summed E-state index contributed by atoms with van der Waals surface area (Å²) in [7, 11) is 0. The van der Waals surface area contributed by atoms with Gasteiger partial charge in [0.25, 0.3) is 5.91 Å². The third-order valence-electron chi connectivity index (χ3n) is 3.89. The number of benzene rings is 2. The van der Waals surface area contributed by atoms with Crippen LogP contribution in [0.5, 0.6) is 0 Å². The van der Waals surface area contributed by atoms with Crippen LogP contribution in [0.1, 0.15) is 16.4 Å². The molecule has 5 nitrogen and oxygen atoms in total. The Morgan fingerprint density at radius 1 is 0.960 bits per heavy atom. The maximum absolute atomic E-state index is 12.4. The van der Waals surface area contributed by atoms with Gasteiger partial charge in [-0.05, 0) is 24.3 Å². The predicted molar refractivity (Wildman–Crippen MR) is 96.4 cm³/mol. The Morgan fingerprint density at radius 3 is 2.52 bits per heavy atom. The molecule has 0 bridgehead atoms. The van der Waals surface area contributed by atoms with Gasteiger partial charge in [0.15, 0.2) is 5.89 Å². The Balaban J connectivity index is 1.53. The van der Waals surface area contributed by atoms with Gasteiger partial charge in [-0.3, -0.25) is 4.79 Å². The summed E-state index contributed by atoms with van der Waals surface area (Å²) in [6.45, 7) is 1.80. The molecule has 0 aliphatic heterocycles. The highest BCUT2D eigenvalue weighted by molar-refractivity contribution is 6.04. The van der Waals surface area contributed by atoms with Crippen LogP contribution in [0.2, 0.25) is 0 Å². The third kappa shape index (κ3) is 3.12. The quantitative estimate of drug-likeness (QED) is 0.603. The summed E-state index contributed by atoms with van der Waals surface area (Å²) < 4.78 is 5.22. The van der Waals surface area contributed by atoms with Gasteiger partial charge in [-0.1, -0.05) is 36.4 Å². The average molecular weight is 329 g/mol. The first-order chi connectivity index (χ1) is 12.2. The molecule has 0 saturated carbocycles. The number of pyridine rings is 1. The number of fused-ring (bicyclic) bond motifs is 1. The number of nitrogens with zero attached hydrogens (tertiary/aromatic N) is 2. The van der Waals surface area contributed by atoms with Crippen molar-refractivity contribution >= 4 is 22.5 Å². The number of hydrogen-bond donors (Lipinski definition) is 1. The molecule has 0 aliphatic carbocycles. The number of hydrogen-bond acceptors (Lipinski definition) is 4. The second-order valence-corrected chi connectivity index (χ2v) is 5.67. The van der Waals surface area contributed by atoms with Crippen molar-refractivity contribution in [3.05, 3.63) is 78.5 Å². The van der Waals surface area contributed by atoms with E-state index < -0.39 is 0 Å². The van der Waals surface area contributed by atoms with E-state index >= 15 is 0 Å². The van der Waals surface area contributed by atoms with Crippen LogP contribution in [-0.4, -0.2) is 15.9 Å². The number of anilines is 1. The SMILES string of the molecule is Cc1nc(-c2ccc(NC(=O)c3ccc4ccccc4n3)cc2)co1. The molecule has 2 heterocycles. The minimum atomic E-state index is -0.240. The van der Waals surface area contributed by atoms with Gasteiger partial charge < -0.3 is 9.73 Å². The van der Waals surface area contributed by atoms with Crippen LogP contribution in [-0.2, 0) is 0 Å². The molecule has 5 heteroatoms. The van der Waals surface area contributed by atoms with Crippen molar-refractivity contribution in [1.29, 1.82) is 0 Å². The molecule has 0 aliphatic rings. The molecular weight excluding hydrogens is 314 g/mol. The van der Waals surface area contributed by atoms with Gasteiger partial charge in [0.1, 0.15) is 17.7 Å². The highest BCUT2D eigenvalue weighted by atomic mass is 16.3.